The van der Waals surface area contributed by atoms with Crippen LogP contribution >= 0.6 is 0 Å². The summed E-state index contributed by atoms with van der Waals surface area (Å²) in [5, 5.41) is 0. The van der Waals surface area contributed by atoms with E-state index in [0.717, 1.165) is 19.1 Å². The molecule has 106 valence electrons. The molecule has 7 heteroatoms. The molecule has 0 aliphatic rings. The highest BCUT2D eigenvalue weighted by Crippen LogP contribution is 2.39. The minimum absolute atomic E-state index is 0.183. The fourth-order valence-electron chi connectivity index (χ4n) is 1.80. The van der Waals surface area contributed by atoms with Gasteiger partial charge in [0.05, 0.1) is 5.56 Å². The summed E-state index contributed by atoms with van der Waals surface area (Å²) in [6.45, 7) is -0.876. The van der Waals surface area contributed by atoms with Crippen molar-refractivity contribution in [1.29, 1.82) is 0 Å². The van der Waals surface area contributed by atoms with E-state index in [0.29, 0.717) is 0 Å². The summed E-state index contributed by atoms with van der Waals surface area (Å²) < 4.78 is 67.3. The van der Waals surface area contributed by atoms with Crippen LogP contribution in [0, 0.1) is 0 Å². The van der Waals surface area contributed by atoms with E-state index in [1.165, 1.54) is 6.92 Å². The van der Waals surface area contributed by atoms with Crippen molar-refractivity contribution in [2.45, 2.75) is 33.1 Å². The first kappa shape index (κ1) is 15.4. The van der Waals surface area contributed by atoms with Crippen LogP contribution in [-0.4, -0.2) is 12.4 Å². The summed E-state index contributed by atoms with van der Waals surface area (Å²) in [6.07, 6.45) is -4.99. The van der Waals surface area contributed by atoms with Gasteiger partial charge in [-0.3, -0.25) is 4.79 Å². The minimum Gasteiger partial charge on any atom is -0.435 e. The van der Waals surface area contributed by atoms with Gasteiger partial charge in [-0.05, 0) is 25.5 Å². The van der Waals surface area contributed by atoms with Crippen LogP contribution in [0.4, 0.5) is 22.0 Å². The van der Waals surface area contributed by atoms with E-state index in [-0.39, 0.29) is 6.42 Å². The molecule has 1 aromatic rings. The maximum Gasteiger partial charge on any atom is 0.417 e. The number of hydrogen-bond acceptors (Lipinski definition) is 2. The lowest BCUT2D eigenvalue weighted by Crippen LogP contribution is -2.17. The molecule has 0 atom stereocenters. The molecule has 0 amide bonds. The summed E-state index contributed by atoms with van der Waals surface area (Å²) in [7, 11) is 0. The third-order valence-electron chi connectivity index (χ3n) is 2.50. The number of carbonyl (C=O) groups is 1. The number of alkyl halides is 5. The molecule has 0 saturated carbocycles. The van der Waals surface area contributed by atoms with Gasteiger partial charge < -0.3 is 4.74 Å². The van der Waals surface area contributed by atoms with Gasteiger partial charge in [0, 0.05) is 11.1 Å². The third kappa shape index (κ3) is 3.42. The molecule has 1 rings (SSSR count). The van der Waals surface area contributed by atoms with Gasteiger partial charge in [0.1, 0.15) is 5.75 Å². The summed E-state index contributed by atoms with van der Waals surface area (Å²) in [6, 6.07) is 1.80. The summed E-state index contributed by atoms with van der Waals surface area (Å²) in [5.74, 6) is -1.35. The lowest BCUT2D eigenvalue weighted by atomic mass is 9.95. The second kappa shape index (κ2) is 5.54. The van der Waals surface area contributed by atoms with E-state index in [9.17, 15) is 26.7 Å². The number of carbonyl (C=O) groups excluding carboxylic acids is 1. The topological polar surface area (TPSA) is 26.3 Å². The monoisotopic (exact) mass is 282 g/mol. The molecule has 0 spiro atoms. The highest BCUT2D eigenvalue weighted by Gasteiger charge is 2.38. The number of Topliss-reactive ketones (excluding diaryl/α,β-unsaturated/α-hetero) is 1. The molecule has 0 bridgehead atoms. The summed E-state index contributed by atoms with van der Waals surface area (Å²) in [5.41, 5.74) is -2.20. The Morgan fingerprint density at radius 1 is 1.32 bits per heavy atom. The number of halogens is 5. The van der Waals surface area contributed by atoms with Crippen LogP contribution in [0.1, 0.15) is 35.3 Å². The Hall–Kier alpha value is -1.66. The Bertz CT molecular complexity index is 480. The van der Waals surface area contributed by atoms with Crippen LogP contribution in [0.2, 0.25) is 0 Å². The number of ether oxygens (including phenoxy) is 1. The van der Waals surface area contributed by atoms with Crippen LogP contribution < -0.4 is 4.74 Å². The highest BCUT2D eigenvalue weighted by molar-refractivity contribution is 5.96. The van der Waals surface area contributed by atoms with E-state index in [2.05, 4.69) is 4.74 Å². The standard InChI is InChI=1S/C12H11F5O2/c1-3-7-9(19-11(13)14)5-4-8(6(2)18)10(7)12(15,16)17/h4-5,11H,3H2,1-2H3. The third-order valence-corrected chi connectivity index (χ3v) is 2.50. The van der Waals surface area contributed by atoms with Crippen molar-refractivity contribution < 1.29 is 31.5 Å². The van der Waals surface area contributed by atoms with Gasteiger partial charge in [-0.1, -0.05) is 6.92 Å². The zero-order chi connectivity index (χ0) is 14.8. The number of ketones is 1. The number of benzene rings is 1. The first-order valence-corrected chi connectivity index (χ1v) is 5.37. The highest BCUT2D eigenvalue weighted by atomic mass is 19.4. The van der Waals surface area contributed by atoms with Gasteiger partial charge >= 0.3 is 12.8 Å². The second-order valence-electron chi connectivity index (χ2n) is 3.75. The molecule has 19 heavy (non-hydrogen) atoms. The van der Waals surface area contributed by atoms with E-state index in [1.54, 1.807) is 0 Å². The SMILES string of the molecule is CCc1c(OC(F)F)ccc(C(C)=O)c1C(F)(F)F. The van der Waals surface area contributed by atoms with Crippen molar-refractivity contribution in [2.24, 2.45) is 0 Å². The molecule has 0 aromatic heterocycles. The molecule has 0 heterocycles. The van der Waals surface area contributed by atoms with E-state index in [4.69, 9.17) is 0 Å². The second-order valence-corrected chi connectivity index (χ2v) is 3.75. The van der Waals surface area contributed by atoms with Crippen LogP contribution in [0.5, 0.6) is 5.75 Å². The van der Waals surface area contributed by atoms with Gasteiger partial charge in [0.2, 0.25) is 0 Å². The van der Waals surface area contributed by atoms with Crippen LogP contribution in [-0.2, 0) is 12.6 Å². The molecule has 0 N–H and O–H groups in total. The quantitative estimate of drug-likeness (QED) is 0.614. The predicted octanol–water partition coefficient (Wildman–Crippen LogP) is 4.07. The molecular weight excluding hydrogens is 271 g/mol. The average molecular weight is 282 g/mol. The number of hydrogen-bond donors (Lipinski definition) is 0. The molecule has 0 aliphatic heterocycles. The van der Waals surface area contributed by atoms with Crippen molar-refractivity contribution in [3.05, 3.63) is 28.8 Å². The Labute approximate surface area is 106 Å². The smallest absolute Gasteiger partial charge is 0.417 e. The molecule has 1 aromatic carbocycles. The fourth-order valence-corrected chi connectivity index (χ4v) is 1.80. The largest absolute Gasteiger partial charge is 0.435 e. The van der Waals surface area contributed by atoms with Gasteiger partial charge in [-0.15, -0.1) is 0 Å². The fraction of sp³-hybridized carbons (Fsp3) is 0.417. The van der Waals surface area contributed by atoms with E-state index < -0.39 is 41.0 Å². The molecule has 0 saturated heterocycles. The first-order valence-electron chi connectivity index (χ1n) is 5.37. The van der Waals surface area contributed by atoms with Gasteiger partial charge in [-0.2, -0.15) is 22.0 Å². The van der Waals surface area contributed by atoms with Crippen molar-refractivity contribution in [1.82, 2.24) is 0 Å². The molecule has 0 radical (unpaired) electrons. The predicted molar refractivity (Wildman–Crippen MR) is 57.5 cm³/mol. The normalized spacial score (nSPS) is 11.8. The zero-order valence-electron chi connectivity index (χ0n) is 10.1. The average Bonchev–Trinajstić information content (AvgIpc) is 2.25. The first-order chi connectivity index (χ1) is 8.68. The summed E-state index contributed by atoms with van der Waals surface area (Å²) >= 11 is 0. The van der Waals surface area contributed by atoms with Gasteiger partial charge in [0.15, 0.2) is 5.78 Å². The van der Waals surface area contributed by atoms with Crippen molar-refractivity contribution >= 4 is 5.78 Å². The number of rotatable bonds is 4. The molecule has 0 fully saturated rings. The molecule has 2 nitrogen and oxygen atoms in total. The van der Waals surface area contributed by atoms with Gasteiger partial charge in [-0.25, -0.2) is 0 Å². The summed E-state index contributed by atoms with van der Waals surface area (Å²) in [4.78, 5) is 11.2. The van der Waals surface area contributed by atoms with E-state index >= 15 is 0 Å². The minimum atomic E-state index is -4.81. The van der Waals surface area contributed by atoms with Crippen LogP contribution in [0.25, 0.3) is 0 Å². The maximum absolute atomic E-state index is 13.0. The Kier molecular flexibility index (Phi) is 4.49. The Morgan fingerprint density at radius 2 is 1.89 bits per heavy atom. The van der Waals surface area contributed by atoms with Crippen molar-refractivity contribution in [3.63, 3.8) is 0 Å². The molecular formula is C12H11F5O2. The lowest BCUT2D eigenvalue weighted by molar-refractivity contribution is -0.139. The van der Waals surface area contributed by atoms with Gasteiger partial charge in [0.25, 0.3) is 0 Å². The Morgan fingerprint density at radius 3 is 2.26 bits per heavy atom. The molecule has 0 unspecified atom stereocenters. The van der Waals surface area contributed by atoms with Crippen LogP contribution in [0.3, 0.4) is 0 Å². The Balaban J connectivity index is 3.55. The van der Waals surface area contributed by atoms with E-state index in [1.807, 2.05) is 0 Å². The van der Waals surface area contributed by atoms with Crippen molar-refractivity contribution in [3.8, 4) is 5.75 Å². The van der Waals surface area contributed by atoms with Crippen molar-refractivity contribution in [2.75, 3.05) is 0 Å². The zero-order valence-corrected chi connectivity index (χ0v) is 10.1. The maximum atomic E-state index is 13.0. The van der Waals surface area contributed by atoms with Crippen LogP contribution in [0.15, 0.2) is 12.1 Å². The molecule has 0 aliphatic carbocycles. The lowest BCUT2D eigenvalue weighted by Gasteiger charge is -2.18.